The molecule has 0 saturated carbocycles. The summed E-state index contributed by atoms with van der Waals surface area (Å²) < 4.78 is 13.8. The van der Waals surface area contributed by atoms with E-state index < -0.39 is 0 Å². The van der Waals surface area contributed by atoms with Gasteiger partial charge in [0, 0.05) is 23.8 Å². The first kappa shape index (κ1) is 15.5. The quantitative estimate of drug-likeness (QED) is 0.563. The van der Waals surface area contributed by atoms with Crippen LogP contribution in [0.25, 0.3) is 0 Å². The Labute approximate surface area is 113 Å². The molecule has 1 atom stereocenters. The zero-order valence-electron chi connectivity index (χ0n) is 11.1. The van der Waals surface area contributed by atoms with Gasteiger partial charge < -0.3 is 10.4 Å². The van der Waals surface area contributed by atoms with Crippen molar-refractivity contribution >= 4 is 11.8 Å². The minimum Gasteiger partial charge on any atom is -0.396 e. The highest BCUT2D eigenvalue weighted by Gasteiger charge is 2.07. The number of benzene rings is 1. The summed E-state index contributed by atoms with van der Waals surface area (Å²) in [5.74, 6) is 0.766. The molecule has 0 radical (unpaired) electrons. The van der Waals surface area contributed by atoms with Crippen molar-refractivity contribution < 1.29 is 9.50 Å². The van der Waals surface area contributed by atoms with Crippen molar-refractivity contribution in [3.05, 3.63) is 29.6 Å². The third-order valence-electron chi connectivity index (χ3n) is 2.59. The van der Waals surface area contributed by atoms with Gasteiger partial charge in [0.05, 0.1) is 0 Å². The molecule has 0 aliphatic carbocycles. The fourth-order valence-corrected chi connectivity index (χ4v) is 2.40. The molecule has 1 aromatic rings. The van der Waals surface area contributed by atoms with Crippen molar-refractivity contribution in [3.63, 3.8) is 0 Å². The molecule has 0 fully saturated rings. The molecule has 18 heavy (non-hydrogen) atoms. The Bertz CT molecular complexity index is 360. The fourth-order valence-electron chi connectivity index (χ4n) is 1.47. The largest absolute Gasteiger partial charge is 0.396 e. The second-order valence-corrected chi connectivity index (χ2v) is 5.60. The minimum atomic E-state index is -0.166. The summed E-state index contributed by atoms with van der Waals surface area (Å²) in [4.78, 5) is 0.662. The molecular formula is C14H22FNOS. The van der Waals surface area contributed by atoms with Gasteiger partial charge in [0.2, 0.25) is 0 Å². The van der Waals surface area contributed by atoms with E-state index in [0.717, 1.165) is 24.3 Å². The maximum atomic E-state index is 13.8. The van der Waals surface area contributed by atoms with E-state index in [4.69, 9.17) is 5.11 Å². The monoisotopic (exact) mass is 271 g/mol. The molecule has 0 aromatic heterocycles. The van der Waals surface area contributed by atoms with Crippen molar-refractivity contribution in [3.8, 4) is 0 Å². The summed E-state index contributed by atoms with van der Waals surface area (Å²) in [5.41, 5.74) is 0.973. The van der Waals surface area contributed by atoms with Crippen LogP contribution in [-0.4, -0.2) is 24.0 Å². The number of rotatable bonds is 8. The zero-order chi connectivity index (χ0) is 13.4. The predicted molar refractivity (Wildman–Crippen MR) is 75.4 cm³/mol. The number of halogens is 1. The number of hydrogen-bond donors (Lipinski definition) is 2. The van der Waals surface area contributed by atoms with E-state index in [-0.39, 0.29) is 18.3 Å². The predicted octanol–water partition coefficient (Wildman–Crippen LogP) is 3.05. The average Bonchev–Trinajstić information content (AvgIpc) is 2.37. The second kappa shape index (κ2) is 8.51. The summed E-state index contributed by atoms with van der Waals surface area (Å²) in [7, 11) is 0. The number of hydrogen-bond acceptors (Lipinski definition) is 3. The minimum absolute atomic E-state index is 0.146. The first-order valence-corrected chi connectivity index (χ1v) is 7.38. The Hall–Kier alpha value is -0.580. The Morgan fingerprint density at radius 3 is 2.83 bits per heavy atom. The van der Waals surface area contributed by atoms with Gasteiger partial charge in [-0.2, -0.15) is 0 Å². The summed E-state index contributed by atoms with van der Waals surface area (Å²) in [6, 6.07) is 5.37. The van der Waals surface area contributed by atoms with Crippen molar-refractivity contribution in [2.45, 2.75) is 31.7 Å². The van der Waals surface area contributed by atoms with Crippen LogP contribution in [0.4, 0.5) is 4.39 Å². The Morgan fingerprint density at radius 1 is 1.44 bits per heavy atom. The summed E-state index contributed by atoms with van der Waals surface area (Å²) in [6.07, 6.45) is 1.08. The number of thioether (sulfide) groups is 1. The summed E-state index contributed by atoms with van der Waals surface area (Å²) in [5, 5.41) is 12.2. The van der Waals surface area contributed by atoms with Crippen LogP contribution >= 0.6 is 11.8 Å². The van der Waals surface area contributed by atoms with Crippen LogP contribution < -0.4 is 5.32 Å². The van der Waals surface area contributed by atoms with Crippen LogP contribution in [-0.2, 0) is 6.54 Å². The lowest BCUT2D eigenvalue weighted by Gasteiger charge is -2.09. The van der Waals surface area contributed by atoms with Gasteiger partial charge in [-0.15, -0.1) is 11.8 Å². The first-order valence-electron chi connectivity index (χ1n) is 6.40. The third kappa shape index (κ3) is 5.38. The highest BCUT2D eigenvalue weighted by Crippen LogP contribution is 2.24. The molecule has 0 aliphatic rings. The Kier molecular flexibility index (Phi) is 7.32. The standard InChI is InChI=1S/C14H22FNOS/c1-3-6-16-8-12-4-5-14(13(15)7-12)18-10-11(2)9-17/h4-5,7,11,16-17H,3,6,8-10H2,1-2H3. The molecule has 0 amide bonds. The highest BCUT2D eigenvalue weighted by atomic mass is 32.2. The second-order valence-electron chi connectivity index (χ2n) is 4.54. The number of nitrogens with one attached hydrogen (secondary N) is 1. The maximum Gasteiger partial charge on any atom is 0.137 e. The summed E-state index contributed by atoms with van der Waals surface area (Å²) >= 11 is 1.46. The normalized spacial score (nSPS) is 12.7. The molecule has 0 aliphatic heterocycles. The van der Waals surface area contributed by atoms with E-state index in [9.17, 15) is 4.39 Å². The van der Waals surface area contributed by atoms with Gasteiger partial charge in [-0.05, 0) is 36.6 Å². The van der Waals surface area contributed by atoms with Gasteiger partial charge in [0.1, 0.15) is 5.82 Å². The lowest BCUT2D eigenvalue weighted by molar-refractivity contribution is 0.250. The first-order chi connectivity index (χ1) is 8.67. The van der Waals surface area contributed by atoms with Crippen LogP contribution in [0.3, 0.4) is 0 Å². The lowest BCUT2D eigenvalue weighted by atomic mass is 10.2. The Morgan fingerprint density at radius 2 is 2.22 bits per heavy atom. The van der Waals surface area contributed by atoms with Gasteiger partial charge in [0.25, 0.3) is 0 Å². The van der Waals surface area contributed by atoms with Crippen LogP contribution in [0.1, 0.15) is 25.8 Å². The van der Waals surface area contributed by atoms with E-state index in [1.54, 1.807) is 6.07 Å². The smallest absolute Gasteiger partial charge is 0.137 e. The zero-order valence-corrected chi connectivity index (χ0v) is 11.9. The lowest BCUT2D eigenvalue weighted by Crippen LogP contribution is -2.13. The van der Waals surface area contributed by atoms with Crippen LogP contribution in [0.2, 0.25) is 0 Å². The van der Waals surface area contributed by atoms with E-state index in [0.29, 0.717) is 11.4 Å². The van der Waals surface area contributed by atoms with Gasteiger partial charge >= 0.3 is 0 Å². The molecule has 1 aromatic carbocycles. The Balaban J connectivity index is 2.51. The van der Waals surface area contributed by atoms with Crippen LogP contribution in [0, 0.1) is 11.7 Å². The summed E-state index contributed by atoms with van der Waals surface area (Å²) in [6.45, 7) is 5.87. The van der Waals surface area contributed by atoms with Gasteiger partial charge in [-0.25, -0.2) is 4.39 Å². The van der Waals surface area contributed by atoms with Gasteiger partial charge in [-0.1, -0.05) is 19.9 Å². The maximum absolute atomic E-state index is 13.8. The van der Waals surface area contributed by atoms with Crippen molar-refractivity contribution in [2.75, 3.05) is 18.9 Å². The third-order valence-corrected chi connectivity index (χ3v) is 3.97. The van der Waals surface area contributed by atoms with Crippen molar-refractivity contribution in [2.24, 2.45) is 5.92 Å². The highest BCUT2D eigenvalue weighted by molar-refractivity contribution is 7.99. The SMILES string of the molecule is CCCNCc1ccc(SCC(C)CO)c(F)c1. The molecular weight excluding hydrogens is 249 g/mol. The van der Waals surface area contributed by atoms with Crippen molar-refractivity contribution in [1.29, 1.82) is 0 Å². The number of aliphatic hydroxyl groups excluding tert-OH is 1. The molecule has 0 heterocycles. The molecule has 0 bridgehead atoms. The van der Waals surface area contributed by atoms with Gasteiger partial charge in [0.15, 0.2) is 0 Å². The van der Waals surface area contributed by atoms with Gasteiger partial charge in [-0.3, -0.25) is 0 Å². The molecule has 2 N–H and O–H groups in total. The molecule has 0 spiro atoms. The van der Waals surface area contributed by atoms with E-state index >= 15 is 0 Å². The van der Waals surface area contributed by atoms with E-state index in [1.807, 2.05) is 19.1 Å². The van der Waals surface area contributed by atoms with E-state index in [2.05, 4.69) is 12.2 Å². The molecule has 0 saturated heterocycles. The molecule has 102 valence electrons. The average molecular weight is 271 g/mol. The molecule has 4 heteroatoms. The van der Waals surface area contributed by atoms with Crippen molar-refractivity contribution in [1.82, 2.24) is 5.32 Å². The van der Waals surface area contributed by atoms with Crippen LogP contribution in [0.5, 0.6) is 0 Å². The fraction of sp³-hybridized carbons (Fsp3) is 0.571. The van der Waals surface area contributed by atoms with E-state index in [1.165, 1.54) is 11.8 Å². The number of aliphatic hydroxyl groups is 1. The van der Waals surface area contributed by atoms with Crippen LogP contribution in [0.15, 0.2) is 23.1 Å². The topological polar surface area (TPSA) is 32.3 Å². The molecule has 2 nitrogen and oxygen atoms in total. The molecule has 1 rings (SSSR count). The molecule has 1 unspecified atom stereocenters.